The van der Waals surface area contributed by atoms with E-state index in [9.17, 15) is 18.4 Å². The molecule has 0 saturated heterocycles. The Bertz CT molecular complexity index is 916. The molecule has 9 heteroatoms. The lowest BCUT2D eigenvalue weighted by Crippen LogP contribution is -2.10. The van der Waals surface area contributed by atoms with Crippen LogP contribution in [0.3, 0.4) is 0 Å². The van der Waals surface area contributed by atoms with E-state index in [1.807, 2.05) is 0 Å². The molecule has 2 N–H and O–H groups in total. The van der Waals surface area contributed by atoms with Crippen LogP contribution in [0.1, 0.15) is 12.5 Å². The van der Waals surface area contributed by atoms with E-state index in [1.165, 1.54) is 45.4 Å². The summed E-state index contributed by atoms with van der Waals surface area (Å²) in [6.07, 6.45) is 2.49. The summed E-state index contributed by atoms with van der Waals surface area (Å²) < 4.78 is 40.0. The van der Waals surface area contributed by atoms with Gasteiger partial charge in [-0.05, 0) is 30.3 Å². The summed E-state index contributed by atoms with van der Waals surface area (Å²) >= 11 is 0. The molecule has 0 aliphatic rings. The Morgan fingerprint density at radius 1 is 1.03 bits per heavy atom. The van der Waals surface area contributed by atoms with Gasteiger partial charge in [-0.2, -0.15) is 8.78 Å². The highest BCUT2D eigenvalue weighted by Gasteiger charge is 2.14. The number of carbonyl (C=O) groups excluding carboxylic acids is 2. The number of nitrogens with one attached hydrogen (secondary N) is 2. The first-order valence-corrected chi connectivity index (χ1v) is 8.40. The van der Waals surface area contributed by atoms with Gasteiger partial charge in [0.25, 0.3) is 0 Å². The predicted octanol–water partition coefficient (Wildman–Crippen LogP) is 3.92. The van der Waals surface area contributed by atoms with E-state index in [1.54, 1.807) is 18.2 Å². The molecule has 154 valence electrons. The second-order valence-electron chi connectivity index (χ2n) is 5.68. The van der Waals surface area contributed by atoms with Gasteiger partial charge in [0.15, 0.2) is 11.5 Å². The highest BCUT2D eigenvalue weighted by atomic mass is 19.3. The Morgan fingerprint density at radius 2 is 1.76 bits per heavy atom. The van der Waals surface area contributed by atoms with Gasteiger partial charge < -0.3 is 24.8 Å². The fourth-order valence-corrected chi connectivity index (χ4v) is 2.46. The molecule has 0 saturated carbocycles. The fraction of sp³-hybridized carbons (Fsp3) is 0.200. The Balaban J connectivity index is 2.19. The molecular weight excluding hydrogens is 386 g/mol. The second-order valence-corrected chi connectivity index (χ2v) is 5.68. The molecule has 0 spiro atoms. The minimum atomic E-state index is -3.04. The minimum Gasteiger partial charge on any atom is -0.495 e. The van der Waals surface area contributed by atoms with Gasteiger partial charge in [0.05, 0.1) is 19.9 Å². The van der Waals surface area contributed by atoms with Crippen molar-refractivity contribution >= 4 is 29.3 Å². The minimum absolute atomic E-state index is 0.114. The maximum absolute atomic E-state index is 12.7. The largest absolute Gasteiger partial charge is 0.495 e. The van der Waals surface area contributed by atoms with E-state index in [0.29, 0.717) is 17.1 Å². The van der Waals surface area contributed by atoms with Crippen LogP contribution in [-0.2, 0) is 9.59 Å². The van der Waals surface area contributed by atoms with Crippen molar-refractivity contribution in [3.8, 4) is 17.2 Å². The van der Waals surface area contributed by atoms with Crippen LogP contribution >= 0.6 is 0 Å². The van der Waals surface area contributed by atoms with Crippen LogP contribution in [0.25, 0.3) is 6.08 Å². The molecule has 2 aromatic rings. The normalized spacial score (nSPS) is 10.7. The first-order chi connectivity index (χ1) is 13.8. The maximum atomic E-state index is 12.7. The lowest BCUT2D eigenvalue weighted by Gasteiger charge is -2.12. The van der Waals surface area contributed by atoms with Gasteiger partial charge in [-0.3, -0.25) is 9.59 Å². The number of ether oxygens (including phenoxy) is 3. The first-order valence-electron chi connectivity index (χ1n) is 8.40. The van der Waals surface area contributed by atoms with E-state index >= 15 is 0 Å². The Hall–Kier alpha value is -3.62. The predicted molar refractivity (Wildman–Crippen MR) is 105 cm³/mol. The van der Waals surface area contributed by atoms with Gasteiger partial charge in [-0.25, -0.2) is 0 Å². The van der Waals surface area contributed by atoms with Crippen molar-refractivity contribution in [2.45, 2.75) is 13.5 Å². The van der Waals surface area contributed by atoms with Gasteiger partial charge >= 0.3 is 6.61 Å². The summed E-state index contributed by atoms with van der Waals surface area (Å²) in [6, 6.07) is 9.26. The standard InChI is InChI=1S/C20H20F2N2O5/c1-12(25)23-15-11-14(8-9-16(15)27-2)24-18(26)10-7-13-5-4-6-17(28-3)19(13)29-20(21)22/h4-11,20H,1-3H3,(H,23,25)(H,24,26)/b10-7+. The zero-order valence-electron chi connectivity index (χ0n) is 16.0. The molecule has 0 aliphatic carbocycles. The summed E-state index contributed by atoms with van der Waals surface area (Å²) in [5.74, 6) is -0.445. The zero-order chi connectivity index (χ0) is 21.4. The van der Waals surface area contributed by atoms with Crippen LogP contribution < -0.4 is 24.8 Å². The van der Waals surface area contributed by atoms with E-state index in [0.717, 1.165) is 6.08 Å². The highest BCUT2D eigenvalue weighted by Crippen LogP contribution is 2.33. The van der Waals surface area contributed by atoms with Crippen LogP contribution in [0.2, 0.25) is 0 Å². The quantitative estimate of drug-likeness (QED) is 0.649. The van der Waals surface area contributed by atoms with E-state index in [-0.39, 0.29) is 23.0 Å². The highest BCUT2D eigenvalue weighted by molar-refractivity contribution is 6.03. The third-order valence-electron chi connectivity index (χ3n) is 3.63. The van der Waals surface area contributed by atoms with Gasteiger partial charge in [0.1, 0.15) is 5.75 Å². The van der Waals surface area contributed by atoms with Gasteiger partial charge in [-0.1, -0.05) is 12.1 Å². The first kappa shape index (κ1) is 21.7. The molecule has 0 unspecified atom stereocenters. The van der Waals surface area contributed by atoms with Gasteiger partial charge in [-0.15, -0.1) is 0 Å². The fourth-order valence-electron chi connectivity index (χ4n) is 2.46. The zero-order valence-corrected chi connectivity index (χ0v) is 16.0. The maximum Gasteiger partial charge on any atom is 0.387 e. The molecule has 2 rings (SSSR count). The van der Waals surface area contributed by atoms with Crippen molar-refractivity contribution in [2.75, 3.05) is 24.9 Å². The Morgan fingerprint density at radius 3 is 2.38 bits per heavy atom. The SMILES string of the molecule is COc1ccc(NC(=O)/C=C/c2cccc(OC)c2OC(F)F)cc1NC(C)=O. The van der Waals surface area contributed by atoms with Crippen molar-refractivity contribution in [1.82, 2.24) is 0 Å². The monoisotopic (exact) mass is 406 g/mol. The van der Waals surface area contributed by atoms with Crippen molar-refractivity contribution in [1.29, 1.82) is 0 Å². The van der Waals surface area contributed by atoms with Crippen LogP contribution in [0.5, 0.6) is 17.2 Å². The third-order valence-corrected chi connectivity index (χ3v) is 3.63. The molecule has 0 heterocycles. The topological polar surface area (TPSA) is 85.9 Å². The molecule has 0 aromatic heterocycles. The Kier molecular flexibility index (Phi) is 7.53. The molecule has 29 heavy (non-hydrogen) atoms. The number of rotatable bonds is 8. The third kappa shape index (κ3) is 6.20. The molecule has 7 nitrogen and oxygen atoms in total. The number of anilines is 2. The van der Waals surface area contributed by atoms with Gasteiger partial charge in [0, 0.05) is 24.3 Å². The molecule has 0 bridgehead atoms. The van der Waals surface area contributed by atoms with Crippen molar-refractivity contribution in [2.24, 2.45) is 0 Å². The summed E-state index contributed by atoms with van der Waals surface area (Å²) in [6.45, 7) is -1.69. The molecule has 2 amide bonds. The van der Waals surface area contributed by atoms with Crippen LogP contribution in [-0.4, -0.2) is 32.6 Å². The average Bonchev–Trinajstić information content (AvgIpc) is 2.66. The van der Waals surface area contributed by atoms with Crippen molar-refractivity contribution in [3.05, 3.63) is 48.0 Å². The number of amides is 2. The number of carbonyl (C=O) groups is 2. The van der Waals surface area contributed by atoms with E-state index in [4.69, 9.17) is 9.47 Å². The smallest absolute Gasteiger partial charge is 0.387 e. The number of para-hydroxylation sites is 1. The Labute approximate surface area is 166 Å². The van der Waals surface area contributed by atoms with Gasteiger partial charge in [0.2, 0.25) is 11.8 Å². The molecule has 0 fully saturated rings. The molecular formula is C20H20F2N2O5. The van der Waals surface area contributed by atoms with Crippen LogP contribution in [0, 0.1) is 0 Å². The number of methoxy groups -OCH3 is 2. The number of halogens is 2. The number of hydrogen-bond donors (Lipinski definition) is 2. The summed E-state index contributed by atoms with van der Waals surface area (Å²) in [5, 5.41) is 5.21. The average molecular weight is 406 g/mol. The lowest BCUT2D eigenvalue weighted by atomic mass is 10.1. The van der Waals surface area contributed by atoms with Crippen LogP contribution in [0.15, 0.2) is 42.5 Å². The number of alkyl halides is 2. The van der Waals surface area contributed by atoms with Crippen LogP contribution in [0.4, 0.5) is 20.2 Å². The number of benzene rings is 2. The molecule has 2 aromatic carbocycles. The molecule has 0 atom stereocenters. The lowest BCUT2D eigenvalue weighted by molar-refractivity contribution is -0.114. The number of hydrogen-bond acceptors (Lipinski definition) is 5. The van der Waals surface area contributed by atoms with Crippen molar-refractivity contribution < 1.29 is 32.6 Å². The van der Waals surface area contributed by atoms with Crippen molar-refractivity contribution in [3.63, 3.8) is 0 Å². The summed E-state index contributed by atoms with van der Waals surface area (Å²) in [4.78, 5) is 23.5. The van der Waals surface area contributed by atoms with E-state index in [2.05, 4.69) is 15.4 Å². The molecule has 0 radical (unpaired) electrons. The molecule has 0 aliphatic heterocycles. The second kappa shape index (κ2) is 10.1. The van der Waals surface area contributed by atoms with E-state index < -0.39 is 12.5 Å². The summed E-state index contributed by atoms with van der Waals surface area (Å²) in [5.41, 5.74) is 1.04. The summed E-state index contributed by atoms with van der Waals surface area (Å²) in [7, 11) is 2.78.